The molecule has 0 amide bonds. The Morgan fingerprint density at radius 3 is 2.48 bits per heavy atom. The van der Waals surface area contributed by atoms with Gasteiger partial charge in [-0.15, -0.1) is 11.3 Å². The van der Waals surface area contributed by atoms with Crippen LogP contribution in [0, 0.1) is 0 Å². The van der Waals surface area contributed by atoms with Crippen molar-refractivity contribution >= 4 is 38.9 Å². The topological polar surface area (TPSA) is 88.7 Å². The number of aromatic nitrogens is 1. The third-order valence-corrected chi connectivity index (χ3v) is 8.67. The molecule has 2 N–H and O–H groups in total. The number of hydrogen-bond donors (Lipinski definition) is 1. The van der Waals surface area contributed by atoms with E-state index in [9.17, 15) is 8.42 Å². The predicted octanol–water partition coefficient (Wildman–Crippen LogP) is 3.94. The van der Waals surface area contributed by atoms with Gasteiger partial charge in [0.2, 0.25) is 16.0 Å². The van der Waals surface area contributed by atoms with Crippen molar-refractivity contribution in [2.45, 2.75) is 12.5 Å². The molecule has 0 spiro atoms. The maximum Gasteiger partial charge on any atom is 0.239 e. The molecule has 3 aromatic rings. The standard InChI is InChI=1S/C20H19ClN4O2S2/c1-20(12-29(26,27)25(2)19(22)24-20)18-15(21)11-17(28-18)14-8-6-13(7-9-14)16-5-3-4-10-23-16/h3-11H,12H2,1-2H3,(H2,22,24). The monoisotopic (exact) mass is 446 g/mol. The quantitative estimate of drug-likeness (QED) is 0.660. The van der Waals surface area contributed by atoms with Crippen LogP contribution in [0.25, 0.3) is 21.7 Å². The van der Waals surface area contributed by atoms with Crippen molar-refractivity contribution in [2.24, 2.45) is 10.7 Å². The Labute approximate surface area is 178 Å². The largest absolute Gasteiger partial charge is 0.369 e. The average molecular weight is 447 g/mol. The third-order valence-electron chi connectivity index (χ3n) is 4.87. The first kappa shape index (κ1) is 19.9. The highest BCUT2D eigenvalue weighted by molar-refractivity contribution is 7.89. The summed E-state index contributed by atoms with van der Waals surface area (Å²) < 4.78 is 25.9. The molecule has 6 nitrogen and oxygen atoms in total. The number of aliphatic imine (C=N–C) groups is 1. The summed E-state index contributed by atoms with van der Waals surface area (Å²) in [6.07, 6.45) is 1.76. The summed E-state index contributed by atoms with van der Waals surface area (Å²) in [5.41, 5.74) is 7.74. The fraction of sp³-hybridized carbons (Fsp3) is 0.200. The Hall–Kier alpha value is -2.42. The van der Waals surface area contributed by atoms with E-state index in [-0.39, 0.29) is 11.7 Å². The molecule has 0 radical (unpaired) electrons. The van der Waals surface area contributed by atoms with Crippen LogP contribution in [0.5, 0.6) is 0 Å². The Morgan fingerprint density at radius 2 is 1.86 bits per heavy atom. The number of rotatable bonds is 3. The molecule has 0 saturated carbocycles. The normalized spacial score (nSPS) is 21.1. The number of halogens is 1. The number of benzene rings is 1. The molecule has 0 fully saturated rings. The van der Waals surface area contributed by atoms with E-state index >= 15 is 0 Å². The average Bonchev–Trinajstić information content (AvgIpc) is 3.09. The van der Waals surface area contributed by atoms with Crippen LogP contribution in [0.4, 0.5) is 0 Å². The Balaban J connectivity index is 1.70. The fourth-order valence-corrected chi connectivity index (χ4v) is 6.45. The summed E-state index contributed by atoms with van der Waals surface area (Å²) in [7, 11) is -2.16. The summed E-state index contributed by atoms with van der Waals surface area (Å²) >= 11 is 7.93. The molecular formula is C20H19ClN4O2S2. The molecule has 2 aromatic heterocycles. The van der Waals surface area contributed by atoms with E-state index < -0.39 is 15.6 Å². The lowest BCUT2D eigenvalue weighted by Crippen LogP contribution is -2.50. The number of hydrogen-bond acceptors (Lipinski definition) is 6. The third kappa shape index (κ3) is 3.63. The SMILES string of the molecule is CN1C(N)=NC(C)(c2sc(-c3ccc(-c4ccccn4)cc3)cc2Cl)CS1(=O)=O. The summed E-state index contributed by atoms with van der Waals surface area (Å²) in [5, 5.41) is 0.484. The lowest BCUT2D eigenvalue weighted by atomic mass is 10.0. The van der Waals surface area contributed by atoms with Crippen molar-refractivity contribution in [1.29, 1.82) is 0 Å². The second kappa shape index (κ2) is 7.12. The van der Waals surface area contributed by atoms with Gasteiger partial charge in [-0.1, -0.05) is 41.9 Å². The van der Waals surface area contributed by atoms with Crippen LogP contribution >= 0.6 is 22.9 Å². The molecule has 1 aromatic carbocycles. The van der Waals surface area contributed by atoms with E-state index in [0.717, 1.165) is 26.0 Å². The van der Waals surface area contributed by atoms with Crippen molar-refractivity contribution in [3.8, 4) is 21.7 Å². The van der Waals surface area contributed by atoms with E-state index in [1.807, 2.05) is 48.5 Å². The number of sulfonamides is 1. The number of nitrogens with zero attached hydrogens (tertiary/aromatic N) is 3. The van der Waals surface area contributed by atoms with Gasteiger partial charge in [0.1, 0.15) is 5.54 Å². The van der Waals surface area contributed by atoms with Gasteiger partial charge in [-0.3, -0.25) is 4.98 Å². The highest BCUT2D eigenvalue weighted by Gasteiger charge is 2.42. The van der Waals surface area contributed by atoms with Crippen molar-refractivity contribution < 1.29 is 8.42 Å². The maximum absolute atomic E-state index is 12.5. The first-order valence-corrected chi connectivity index (χ1v) is 11.6. The molecule has 1 unspecified atom stereocenters. The molecule has 150 valence electrons. The zero-order valence-corrected chi connectivity index (χ0v) is 18.2. The van der Waals surface area contributed by atoms with Crippen LogP contribution in [-0.4, -0.2) is 36.5 Å². The van der Waals surface area contributed by atoms with E-state index in [4.69, 9.17) is 17.3 Å². The minimum Gasteiger partial charge on any atom is -0.369 e. The molecule has 9 heteroatoms. The molecule has 1 aliphatic heterocycles. The van der Waals surface area contributed by atoms with Gasteiger partial charge in [0.05, 0.1) is 21.3 Å². The van der Waals surface area contributed by atoms with Gasteiger partial charge in [0.15, 0.2) is 0 Å². The fourth-order valence-electron chi connectivity index (χ4n) is 3.28. The Morgan fingerprint density at radius 1 is 1.17 bits per heavy atom. The van der Waals surface area contributed by atoms with E-state index in [2.05, 4.69) is 9.98 Å². The molecule has 0 aliphatic carbocycles. The number of pyridine rings is 1. The van der Waals surface area contributed by atoms with Crippen LogP contribution in [-0.2, 0) is 15.6 Å². The van der Waals surface area contributed by atoms with Gasteiger partial charge < -0.3 is 5.73 Å². The molecule has 3 heterocycles. The molecular weight excluding hydrogens is 428 g/mol. The minimum atomic E-state index is -3.56. The van der Waals surface area contributed by atoms with Crippen LogP contribution in [0.1, 0.15) is 11.8 Å². The molecule has 0 saturated heterocycles. The summed E-state index contributed by atoms with van der Waals surface area (Å²) in [4.78, 5) is 10.4. The zero-order valence-electron chi connectivity index (χ0n) is 15.8. The van der Waals surface area contributed by atoms with Crippen LogP contribution in [0.2, 0.25) is 5.02 Å². The number of guanidine groups is 1. The maximum atomic E-state index is 12.5. The van der Waals surface area contributed by atoms with Gasteiger partial charge in [0.25, 0.3) is 0 Å². The smallest absolute Gasteiger partial charge is 0.239 e. The van der Waals surface area contributed by atoms with Gasteiger partial charge in [0, 0.05) is 23.7 Å². The first-order valence-electron chi connectivity index (χ1n) is 8.83. The predicted molar refractivity (Wildman–Crippen MR) is 119 cm³/mol. The van der Waals surface area contributed by atoms with Gasteiger partial charge in [-0.05, 0) is 30.7 Å². The number of thiophene rings is 1. The molecule has 1 atom stereocenters. The van der Waals surface area contributed by atoms with Crippen LogP contribution < -0.4 is 5.73 Å². The van der Waals surface area contributed by atoms with Crippen LogP contribution in [0.3, 0.4) is 0 Å². The molecule has 0 bridgehead atoms. The summed E-state index contributed by atoms with van der Waals surface area (Å²) in [6, 6.07) is 15.6. The van der Waals surface area contributed by atoms with Crippen molar-refractivity contribution in [1.82, 2.24) is 9.29 Å². The Bertz CT molecular complexity index is 1190. The molecule has 1 aliphatic rings. The highest BCUT2D eigenvalue weighted by atomic mass is 35.5. The summed E-state index contributed by atoms with van der Waals surface area (Å²) in [6.45, 7) is 1.75. The van der Waals surface area contributed by atoms with E-state index in [1.54, 1.807) is 13.1 Å². The summed E-state index contributed by atoms with van der Waals surface area (Å²) in [5.74, 6) is -0.223. The lowest BCUT2D eigenvalue weighted by molar-refractivity contribution is 0.482. The zero-order chi connectivity index (χ0) is 20.8. The van der Waals surface area contributed by atoms with Gasteiger partial charge in [-0.25, -0.2) is 17.7 Å². The highest BCUT2D eigenvalue weighted by Crippen LogP contribution is 2.44. The first-order chi connectivity index (χ1) is 13.7. The Kier molecular flexibility index (Phi) is 4.88. The molecule has 4 rings (SSSR count). The van der Waals surface area contributed by atoms with E-state index in [0.29, 0.717) is 9.90 Å². The van der Waals surface area contributed by atoms with E-state index in [1.165, 1.54) is 18.4 Å². The number of nitrogens with two attached hydrogens (primary N) is 1. The van der Waals surface area contributed by atoms with Gasteiger partial charge >= 0.3 is 0 Å². The van der Waals surface area contributed by atoms with Crippen molar-refractivity contribution in [3.05, 3.63) is 64.6 Å². The lowest BCUT2D eigenvalue weighted by Gasteiger charge is -2.33. The molecule has 29 heavy (non-hydrogen) atoms. The minimum absolute atomic E-state index is 0.0375. The van der Waals surface area contributed by atoms with Crippen molar-refractivity contribution in [3.63, 3.8) is 0 Å². The van der Waals surface area contributed by atoms with Gasteiger partial charge in [-0.2, -0.15) is 0 Å². The van der Waals surface area contributed by atoms with Crippen LogP contribution in [0.15, 0.2) is 59.7 Å². The van der Waals surface area contributed by atoms with Crippen molar-refractivity contribution in [2.75, 3.05) is 12.8 Å². The second-order valence-corrected chi connectivity index (χ2v) is 10.5. The second-order valence-electron chi connectivity index (χ2n) is 7.05.